The molecule has 2 heterocycles. The predicted molar refractivity (Wildman–Crippen MR) is 87.6 cm³/mol. The number of hydrogen-bond donors (Lipinski definition) is 1. The predicted octanol–water partition coefficient (Wildman–Crippen LogP) is 3.19. The zero-order chi connectivity index (χ0) is 14.2. The highest BCUT2D eigenvalue weighted by Gasteiger charge is 2.36. The van der Waals surface area contributed by atoms with Crippen molar-refractivity contribution in [3.63, 3.8) is 0 Å². The first-order valence-corrected chi connectivity index (χ1v) is 8.13. The normalized spacial score (nSPS) is 24.7. The van der Waals surface area contributed by atoms with Gasteiger partial charge in [-0.1, -0.05) is 30.7 Å². The topological polar surface area (TPSA) is 28.2 Å². The average molecular weight is 281 g/mol. The largest absolute Gasteiger partial charge is 0.356 e. The first kappa shape index (κ1) is 13.1. The Kier molecular flexibility index (Phi) is 3.30. The Bertz CT molecular complexity index is 640. The van der Waals surface area contributed by atoms with Gasteiger partial charge in [-0.3, -0.25) is 0 Å². The fourth-order valence-corrected chi connectivity index (χ4v) is 4.23. The number of benzene rings is 1. The molecule has 1 aliphatic carbocycles. The van der Waals surface area contributed by atoms with Gasteiger partial charge in [0, 0.05) is 31.2 Å². The molecule has 1 aliphatic heterocycles. The Morgan fingerprint density at radius 3 is 2.57 bits per heavy atom. The molecule has 4 rings (SSSR count). The van der Waals surface area contributed by atoms with Gasteiger partial charge in [0.1, 0.15) is 5.82 Å². The van der Waals surface area contributed by atoms with E-state index < -0.39 is 0 Å². The van der Waals surface area contributed by atoms with Gasteiger partial charge in [0.15, 0.2) is 0 Å². The third-order valence-electron chi connectivity index (χ3n) is 5.25. The lowest BCUT2D eigenvalue weighted by Crippen LogP contribution is -2.22. The van der Waals surface area contributed by atoms with Crippen LogP contribution < -0.4 is 10.2 Å². The minimum absolute atomic E-state index is 0.874. The molecule has 1 saturated carbocycles. The van der Waals surface area contributed by atoms with Gasteiger partial charge in [0.2, 0.25) is 0 Å². The summed E-state index contributed by atoms with van der Waals surface area (Å²) in [5, 5.41) is 5.90. The van der Waals surface area contributed by atoms with Crippen molar-refractivity contribution in [2.45, 2.75) is 25.8 Å². The smallest absolute Gasteiger partial charge is 0.136 e. The molecule has 2 unspecified atom stereocenters. The van der Waals surface area contributed by atoms with Crippen LogP contribution in [0.1, 0.15) is 24.8 Å². The van der Waals surface area contributed by atoms with Gasteiger partial charge < -0.3 is 10.2 Å². The van der Waals surface area contributed by atoms with Crippen molar-refractivity contribution in [2.75, 3.05) is 25.0 Å². The average Bonchev–Trinajstić information content (AvgIpc) is 3.09. The summed E-state index contributed by atoms with van der Waals surface area (Å²) < 4.78 is 0. The molecule has 2 aromatic rings. The van der Waals surface area contributed by atoms with E-state index in [1.807, 2.05) is 7.05 Å². The Balaban J connectivity index is 1.74. The third kappa shape index (κ3) is 2.20. The van der Waals surface area contributed by atoms with Crippen LogP contribution in [0.25, 0.3) is 10.8 Å². The summed E-state index contributed by atoms with van der Waals surface area (Å²) in [6.07, 6.45) is 6.31. The van der Waals surface area contributed by atoms with Gasteiger partial charge in [-0.25, -0.2) is 4.98 Å². The zero-order valence-corrected chi connectivity index (χ0v) is 12.7. The Labute approximate surface area is 126 Å². The van der Waals surface area contributed by atoms with Crippen LogP contribution in [0.5, 0.6) is 0 Å². The van der Waals surface area contributed by atoms with Crippen molar-refractivity contribution in [2.24, 2.45) is 11.8 Å². The van der Waals surface area contributed by atoms with E-state index in [1.54, 1.807) is 0 Å². The van der Waals surface area contributed by atoms with Crippen LogP contribution in [-0.4, -0.2) is 25.1 Å². The number of hydrogen-bond acceptors (Lipinski definition) is 3. The van der Waals surface area contributed by atoms with Gasteiger partial charge >= 0.3 is 0 Å². The molecule has 110 valence electrons. The molecule has 2 fully saturated rings. The maximum atomic E-state index is 4.82. The molecule has 2 aliphatic rings. The Morgan fingerprint density at radius 1 is 1.14 bits per heavy atom. The molecule has 0 spiro atoms. The van der Waals surface area contributed by atoms with E-state index in [0.717, 1.165) is 18.4 Å². The summed E-state index contributed by atoms with van der Waals surface area (Å²) in [4.78, 5) is 7.35. The summed E-state index contributed by atoms with van der Waals surface area (Å²) in [5.74, 6) is 3.00. The highest BCUT2D eigenvalue weighted by Crippen LogP contribution is 2.40. The van der Waals surface area contributed by atoms with Crippen LogP contribution in [0.4, 0.5) is 5.82 Å². The van der Waals surface area contributed by atoms with E-state index in [4.69, 9.17) is 4.98 Å². The minimum Gasteiger partial charge on any atom is -0.356 e. The molecule has 1 aromatic heterocycles. The second-order valence-corrected chi connectivity index (χ2v) is 6.54. The third-order valence-corrected chi connectivity index (χ3v) is 5.25. The highest BCUT2D eigenvalue weighted by atomic mass is 15.2. The summed E-state index contributed by atoms with van der Waals surface area (Å²) in [5.41, 5.74) is 1.29. The minimum atomic E-state index is 0.874. The quantitative estimate of drug-likeness (QED) is 0.936. The van der Waals surface area contributed by atoms with E-state index in [2.05, 4.69) is 40.7 Å². The molecule has 3 heteroatoms. The first-order valence-electron chi connectivity index (χ1n) is 8.13. The van der Waals surface area contributed by atoms with Crippen molar-refractivity contribution in [1.29, 1.82) is 0 Å². The number of fused-ring (bicyclic) bond motifs is 2. The summed E-state index contributed by atoms with van der Waals surface area (Å²) in [6.45, 7) is 3.28. The van der Waals surface area contributed by atoms with E-state index >= 15 is 0 Å². The molecular formula is C18H23N3. The number of aromatic nitrogens is 1. The molecule has 1 N–H and O–H groups in total. The lowest BCUT2D eigenvalue weighted by atomic mass is 10.0. The standard InChI is InChI=1S/C18H23N3/c1-19-9-15-10-20-18(17-8-3-2-7-16(15)17)21-11-13-5-4-6-14(13)12-21/h2-3,7-8,10,13-14,19H,4-6,9,11-12H2,1H3. The van der Waals surface area contributed by atoms with Gasteiger partial charge in [0.25, 0.3) is 0 Å². The molecule has 0 bridgehead atoms. The molecule has 21 heavy (non-hydrogen) atoms. The fraction of sp³-hybridized carbons (Fsp3) is 0.500. The van der Waals surface area contributed by atoms with E-state index in [1.165, 1.54) is 54.5 Å². The van der Waals surface area contributed by atoms with Crippen molar-refractivity contribution in [3.05, 3.63) is 36.0 Å². The summed E-state index contributed by atoms with van der Waals surface area (Å²) in [7, 11) is 1.99. The van der Waals surface area contributed by atoms with Crippen LogP contribution in [0.2, 0.25) is 0 Å². The van der Waals surface area contributed by atoms with Gasteiger partial charge in [0.05, 0.1) is 0 Å². The summed E-state index contributed by atoms with van der Waals surface area (Å²) >= 11 is 0. The fourth-order valence-electron chi connectivity index (χ4n) is 4.23. The molecule has 0 amide bonds. The van der Waals surface area contributed by atoms with Crippen LogP contribution in [0, 0.1) is 11.8 Å². The van der Waals surface area contributed by atoms with Crippen LogP contribution >= 0.6 is 0 Å². The number of pyridine rings is 1. The molecule has 0 radical (unpaired) electrons. The van der Waals surface area contributed by atoms with Crippen molar-refractivity contribution < 1.29 is 0 Å². The Hall–Kier alpha value is -1.61. The van der Waals surface area contributed by atoms with Gasteiger partial charge in [-0.15, -0.1) is 0 Å². The van der Waals surface area contributed by atoms with Crippen LogP contribution in [-0.2, 0) is 6.54 Å². The number of nitrogens with zero attached hydrogens (tertiary/aromatic N) is 2. The maximum absolute atomic E-state index is 4.82. The van der Waals surface area contributed by atoms with Gasteiger partial charge in [-0.05, 0) is 42.7 Å². The highest BCUT2D eigenvalue weighted by molar-refractivity contribution is 5.94. The molecule has 3 nitrogen and oxygen atoms in total. The first-order chi connectivity index (χ1) is 10.4. The van der Waals surface area contributed by atoms with Crippen molar-refractivity contribution >= 4 is 16.6 Å². The molecule has 1 aromatic carbocycles. The molecular weight excluding hydrogens is 258 g/mol. The zero-order valence-electron chi connectivity index (χ0n) is 12.7. The maximum Gasteiger partial charge on any atom is 0.136 e. The lowest BCUT2D eigenvalue weighted by Gasteiger charge is -2.21. The van der Waals surface area contributed by atoms with Gasteiger partial charge in [-0.2, -0.15) is 0 Å². The Morgan fingerprint density at radius 2 is 1.86 bits per heavy atom. The number of anilines is 1. The van der Waals surface area contributed by atoms with E-state index in [-0.39, 0.29) is 0 Å². The van der Waals surface area contributed by atoms with Crippen molar-refractivity contribution in [1.82, 2.24) is 10.3 Å². The second-order valence-electron chi connectivity index (χ2n) is 6.54. The SMILES string of the molecule is CNCc1cnc(N2CC3CCCC3C2)c2ccccc12. The monoisotopic (exact) mass is 281 g/mol. The molecule has 1 saturated heterocycles. The van der Waals surface area contributed by atoms with E-state index in [0.29, 0.717) is 0 Å². The van der Waals surface area contributed by atoms with Crippen molar-refractivity contribution in [3.8, 4) is 0 Å². The van der Waals surface area contributed by atoms with E-state index in [9.17, 15) is 0 Å². The van der Waals surface area contributed by atoms with Crippen LogP contribution in [0.3, 0.4) is 0 Å². The lowest BCUT2D eigenvalue weighted by molar-refractivity contribution is 0.494. The number of rotatable bonds is 3. The number of nitrogens with one attached hydrogen (secondary N) is 1. The molecule has 2 atom stereocenters. The second kappa shape index (κ2) is 5.30. The summed E-state index contributed by atoms with van der Waals surface area (Å²) in [6, 6.07) is 8.71. The van der Waals surface area contributed by atoms with Crippen LogP contribution in [0.15, 0.2) is 30.5 Å².